The Kier molecular flexibility index (Phi) is 2.12. The van der Waals surface area contributed by atoms with Crippen molar-refractivity contribution in [3.05, 3.63) is 29.8 Å². The molecule has 1 aliphatic heterocycles. The van der Waals surface area contributed by atoms with Crippen molar-refractivity contribution in [2.75, 3.05) is 5.32 Å². The highest BCUT2D eigenvalue weighted by molar-refractivity contribution is 5.93. The Balaban J connectivity index is 1.91. The van der Waals surface area contributed by atoms with E-state index in [1.165, 1.54) is 36.9 Å². The van der Waals surface area contributed by atoms with Gasteiger partial charge in [-0.05, 0) is 36.8 Å². The first-order valence-corrected chi connectivity index (χ1v) is 7.21. The average Bonchev–Trinajstić information content (AvgIpc) is 2.75. The van der Waals surface area contributed by atoms with Gasteiger partial charge in [0.05, 0.1) is 6.04 Å². The molecular weight excluding hydrogens is 222 g/mol. The predicted molar refractivity (Wildman–Crippen MR) is 71.7 cm³/mol. The number of hydrogen-bond donors (Lipinski definition) is 1. The van der Waals surface area contributed by atoms with Crippen LogP contribution in [0.15, 0.2) is 24.3 Å². The normalized spacial score (nSPS) is 37.4. The van der Waals surface area contributed by atoms with Crippen LogP contribution in [0, 0.1) is 5.92 Å². The van der Waals surface area contributed by atoms with E-state index in [1.807, 2.05) is 0 Å². The Morgan fingerprint density at radius 1 is 1.17 bits per heavy atom. The first-order valence-electron chi connectivity index (χ1n) is 7.21. The zero-order valence-electron chi connectivity index (χ0n) is 10.6. The lowest BCUT2D eigenvalue weighted by molar-refractivity contribution is -0.125. The summed E-state index contributed by atoms with van der Waals surface area (Å²) in [6, 6.07) is 8.65. The number of benzene rings is 1. The number of para-hydroxylation sites is 1. The summed E-state index contributed by atoms with van der Waals surface area (Å²) in [5, 5.41) is 3.53. The topological polar surface area (TPSA) is 29.1 Å². The van der Waals surface area contributed by atoms with Crippen LogP contribution in [0.2, 0.25) is 0 Å². The Morgan fingerprint density at radius 2 is 2.06 bits per heavy atom. The van der Waals surface area contributed by atoms with E-state index in [-0.39, 0.29) is 11.5 Å². The molecule has 0 bridgehead atoms. The molecule has 4 rings (SSSR count). The van der Waals surface area contributed by atoms with E-state index in [1.54, 1.807) is 0 Å². The third-order valence-electron chi connectivity index (χ3n) is 5.43. The van der Waals surface area contributed by atoms with E-state index >= 15 is 0 Å². The van der Waals surface area contributed by atoms with Gasteiger partial charge in [0.25, 0.3) is 0 Å². The van der Waals surface area contributed by atoms with Crippen molar-refractivity contribution < 1.29 is 4.79 Å². The Hall–Kier alpha value is -1.31. The lowest BCUT2D eigenvalue weighted by atomic mass is 9.55. The molecule has 3 aliphatic rings. The molecule has 2 saturated carbocycles. The Bertz CT molecular complexity index is 510. The molecule has 1 spiro atoms. The molecule has 0 saturated heterocycles. The van der Waals surface area contributed by atoms with Crippen molar-refractivity contribution in [1.29, 1.82) is 0 Å². The van der Waals surface area contributed by atoms with Crippen molar-refractivity contribution in [2.45, 2.75) is 50.0 Å². The van der Waals surface area contributed by atoms with Crippen LogP contribution in [0.5, 0.6) is 0 Å². The average molecular weight is 241 g/mol. The lowest BCUT2D eigenvalue weighted by Crippen LogP contribution is -2.54. The van der Waals surface area contributed by atoms with E-state index in [9.17, 15) is 4.79 Å². The molecule has 1 aromatic rings. The first kappa shape index (κ1) is 10.6. The van der Waals surface area contributed by atoms with Gasteiger partial charge in [0.15, 0.2) is 5.78 Å². The third kappa shape index (κ3) is 1.16. The van der Waals surface area contributed by atoms with E-state index in [0.29, 0.717) is 11.7 Å². The summed E-state index contributed by atoms with van der Waals surface area (Å²) >= 11 is 0. The van der Waals surface area contributed by atoms with Crippen LogP contribution in [-0.4, -0.2) is 11.8 Å². The molecular formula is C16H19NO. The predicted octanol–water partition coefficient (Wildman–Crippen LogP) is 3.27. The minimum atomic E-state index is 0.0638. The van der Waals surface area contributed by atoms with Crippen LogP contribution in [-0.2, 0) is 10.2 Å². The molecule has 1 aromatic carbocycles. The zero-order valence-corrected chi connectivity index (χ0v) is 10.6. The lowest BCUT2D eigenvalue weighted by Gasteiger charge is -2.48. The molecule has 2 fully saturated rings. The molecule has 0 radical (unpaired) electrons. The van der Waals surface area contributed by atoms with Crippen LogP contribution in [0.3, 0.4) is 0 Å². The van der Waals surface area contributed by atoms with Gasteiger partial charge in [0, 0.05) is 17.5 Å². The number of anilines is 1. The van der Waals surface area contributed by atoms with E-state index in [0.717, 1.165) is 12.8 Å². The number of fused-ring (bicyclic) bond motifs is 1. The molecule has 2 heteroatoms. The Morgan fingerprint density at radius 3 is 3.00 bits per heavy atom. The number of hydrogen-bond acceptors (Lipinski definition) is 2. The highest BCUT2D eigenvalue weighted by Gasteiger charge is 2.57. The van der Waals surface area contributed by atoms with Crippen molar-refractivity contribution >= 4 is 11.5 Å². The molecule has 1 heterocycles. The molecule has 2 aliphatic carbocycles. The van der Waals surface area contributed by atoms with E-state index in [4.69, 9.17) is 0 Å². The number of ketones is 1. The van der Waals surface area contributed by atoms with Gasteiger partial charge in [-0.15, -0.1) is 0 Å². The second-order valence-electron chi connectivity index (χ2n) is 6.11. The monoisotopic (exact) mass is 241 g/mol. The van der Waals surface area contributed by atoms with Gasteiger partial charge in [-0.3, -0.25) is 4.79 Å². The molecule has 3 unspecified atom stereocenters. The standard InChI is InChI=1S/C16H19NO/c18-14-9-8-11-5-3-4-10-16(11)12-6-1-2-7-13(12)17-15(14)16/h1-2,6-7,11,15,17H,3-5,8-10H2. The maximum atomic E-state index is 12.3. The number of Topliss-reactive ketones (excluding diaryl/α,β-unsaturated/α-hetero) is 1. The quantitative estimate of drug-likeness (QED) is 0.755. The second-order valence-corrected chi connectivity index (χ2v) is 6.11. The van der Waals surface area contributed by atoms with Gasteiger partial charge in [0.2, 0.25) is 0 Å². The van der Waals surface area contributed by atoms with Gasteiger partial charge in [-0.2, -0.15) is 0 Å². The summed E-state index contributed by atoms with van der Waals surface area (Å²) in [5.41, 5.74) is 2.77. The Labute approximate surface area is 108 Å². The minimum Gasteiger partial charge on any atom is -0.374 e. The van der Waals surface area contributed by atoms with Crippen LogP contribution in [0.4, 0.5) is 5.69 Å². The first-order chi connectivity index (χ1) is 8.82. The summed E-state index contributed by atoms with van der Waals surface area (Å²) in [6.07, 6.45) is 6.99. The fraction of sp³-hybridized carbons (Fsp3) is 0.562. The van der Waals surface area contributed by atoms with Crippen LogP contribution in [0.1, 0.15) is 44.1 Å². The molecule has 94 valence electrons. The number of carbonyl (C=O) groups is 1. The third-order valence-corrected chi connectivity index (χ3v) is 5.43. The molecule has 18 heavy (non-hydrogen) atoms. The maximum Gasteiger partial charge on any atom is 0.155 e. The number of rotatable bonds is 0. The second kappa shape index (κ2) is 3.59. The van der Waals surface area contributed by atoms with Gasteiger partial charge < -0.3 is 5.32 Å². The highest BCUT2D eigenvalue weighted by Crippen LogP contribution is 2.56. The molecule has 0 aromatic heterocycles. The van der Waals surface area contributed by atoms with Crippen molar-refractivity contribution in [3.63, 3.8) is 0 Å². The summed E-state index contributed by atoms with van der Waals surface area (Å²) in [6.45, 7) is 0. The van der Waals surface area contributed by atoms with E-state index in [2.05, 4.69) is 29.6 Å². The fourth-order valence-corrected chi connectivity index (χ4v) is 4.69. The summed E-state index contributed by atoms with van der Waals surface area (Å²) in [7, 11) is 0. The van der Waals surface area contributed by atoms with Gasteiger partial charge in [-0.25, -0.2) is 0 Å². The smallest absolute Gasteiger partial charge is 0.155 e. The summed E-state index contributed by atoms with van der Waals surface area (Å²) < 4.78 is 0. The largest absolute Gasteiger partial charge is 0.374 e. The maximum absolute atomic E-state index is 12.3. The molecule has 3 atom stereocenters. The summed E-state index contributed by atoms with van der Waals surface area (Å²) in [4.78, 5) is 12.3. The SMILES string of the molecule is O=C1CCC2CCCCC23c2ccccc2NC13. The highest BCUT2D eigenvalue weighted by atomic mass is 16.1. The fourth-order valence-electron chi connectivity index (χ4n) is 4.69. The van der Waals surface area contributed by atoms with Crippen molar-refractivity contribution in [1.82, 2.24) is 0 Å². The van der Waals surface area contributed by atoms with Crippen LogP contribution >= 0.6 is 0 Å². The van der Waals surface area contributed by atoms with Crippen molar-refractivity contribution in [2.24, 2.45) is 5.92 Å². The minimum absolute atomic E-state index is 0.0638. The van der Waals surface area contributed by atoms with Crippen LogP contribution < -0.4 is 5.32 Å². The zero-order chi connectivity index (χ0) is 12.2. The summed E-state index contributed by atoms with van der Waals surface area (Å²) in [5.74, 6) is 1.15. The molecule has 0 amide bonds. The van der Waals surface area contributed by atoms with E-state index < -0.39 is 0 Å². The van der Waals surface area contributed by atoms with Gasteiger partial charge >= 0.3 is 0 Å². The van der Waals surface area contributed by atoms with Gasteiger partial charge in [-0.1, -0.05) is 31.0 Å². The molecule has 2 nitrogen and oxygen atoms in total. The number of nitrogens with one attached hydrogen (secondary N) is 1. The number of carbonyl (C=O) groups excluding carboxylic acids is 1. The van der Waals surface area contributed by atoms with Crippen LogP contribution in [0.25, 0.3) is 0 Å². The molecule has 1 N–H and O–H groups in total. The van der Waals surface area contributed by atoms with Crippen molar-refractivity contribution in [3.8, 4) is 0 Å². The van der Waals surface area contributed by atoms with Gasteiger partial charge in [0.1, 0.15) is 0 Å².